The van der Waals surface area contributed by atoms with Gasteiger partial charge in [-0.1, -0.05) is 0 Å². The molecule has 29 heavy (non-hydrogen) atoms. The highest BCUT2D eigenvalue weighted by Gasteiger charge is 2.66. The maximum Gasteiger partial charge on any atom is 0.509 e. The van der Waals surface area contributed by atoms with Gasteiger partial charge in [0.05, 0.1) is 0 Å². The molecule has 4 bridgehead atoms. The Morgan fingerprint density at radius 2 is 1.55 bits per heavy atom. The number of alkyl halides is 2. The molecule has 166 valence electrons. The highest BCUT2D eigenvalue weighted by atomic mass is 32.2. The fourth-order valence-electron chi connectivity index (χ4n) is 5.22. The molecule has 4 aliphatic carbocycles. The smallest absolute Gasteiger partial charge is 0.453 e. The van der Waals surface area contributed by atoms with Crippen LogP contribution in [0.1, 0.15) is 59.8 Å². The summed E-state index contributed by atoms with van der Waals surface area (Å²) in [5.74, 6) is -2.91. The van der Waals surface area contributed by atoms with E-state index >= 15 is 0 Å². The lowest BCUT2D eigenvalue weighted by molar-refractivity contribution is -0.246. The summed E-state index contributed by atoms with van der Waals surface area (Å²) in [5, 5.41) is -5.05. The second-order valence-corrected chi connectivity index (χ2v) is 11.1. The Balaban J connectivity index is 1.78. The highest BCUT2D eigenvalue weighted by molar-refractivity contribution is 7.87. The van der Waals surface area contributed by atoms with Gasteiger partial charge in [-0.2, -0.15) is 17.2 Å². The van der Waals surface area contributed by atoms with Crippen molar-refractivity contribution in [1.29, 1.82) is 0 Å². The van der Waals surface area contributed by atoms with Crippen LogP contribution < -0.4 is 0 Å². The quantitative estimate of drug-likeness (QED) is 0.523. The van der Waals surface area contributed by atoms with Crippen LogP contribution in [0.4, 0.5) is 13.6 Å². The van der Waals surface area contributed by atoms with Gasteiger partial charge in [-0.25, -0.2) is 9.59 Å². The van der Waals surface area contributed by atoms with E-state index in [0.717, 1.165) is 0 Å². The van der Waals surface area contributed by atoms with E-state index in [1.165, 1.54) is 6.92 Å². The maximum atomic E-state index is 13.7. The molecule has 11 heteroatoms. The third-order valence-corrected chi connectivity index (χ3v) is 7.13. The van der Waals surface area contributed by atoms with Gasteiger partial charge in [0.15, 0.2) is 0 Å². The van der Waals surface area contributed by atoms with E-state index < -0.39 is 56.1 Å². The number of hydrogen-bond acceptors (Lipinski definition) is 7. The van der Waals surface area contributed by atoms with E-state index in [9.17, 15) is 26.8 Å². The first kappa shape index (κ1) is 22.2. The number of halogens is 2. The predicted molar refractivity (Wildman–Crippen MR) is 94.6 cm³/mol. The van der Waals surface area contributed by atoms with E-state index in [0.29, 0.717) is 32.1 Å². The van der Waals surface area contributed by atoms with E-state index in [-0.39, 0.29) is 5.92 Å². The van der Waals surface area contributed by atoms with E-state index in [4.69, 9.17) is 18.8 Å². The minimum atomic E-state index is -5.94. The molecule has 4 rings (SSSR count). The van der Waals surface area contributed by atoms with Crippen molar-refractivity contribution in [2.75, 3.05) is 0 Å². The minimum absolute atomic E-state index is 0.170. The van der Waals surface area contributed by atoms with Gasteiger partial charge in [-0.05, 0) is 65.7 Å². The van der Waals surface area contributed by atoms with Gasteiger partial charge in [0, 0.05) is 11.8 Å². The van der Waals surface area contributed by atoms with Crippen molar-refractivity contribution in [3.63, 3.8) is 0 Å². The van der Waals surface area contributed by atoms with E-state index in [1.807, 2.05) is 0 Å². The summed E-state index contributed by atoms with van der Waals surface area (Å²) in [6.45, 7) is 6.62. The summed E-state index contributed by atoms with van der Waals surface area (Å²) >= 11 is 0. The third-order valence-electron chi connectivity index (χ3n) is 6.32. The molecule has 2 atom stereocenters. The summed E-state index contributed by atoms with van der Waals surface area (Å²) in [5.41, 5.74) is -2.90. The van der Waals surface area contributed by atoms with Gasteiger partial charge >= 0.3 is 27.5 Å². The van der Waals surface area contributed by atoms with E-state index in [2.05, 4.69) is 0 Å². The molecular weight excluding hydrogens is 414 g/mol. The molecule has 0 spiro atoms. The zero-order valence-electron chi connectivity index (χ0n) is 16.7. The topological polar surface area (TPSA) is 116 Å². The van der Waals surface area contributed by atoms with Crippen LogP contribution in [0.3, 0.4) is 0 Å². The summed E-state index contributed by atoms with van der Waals surface area (Å²) in [4.78, 5) is 24.1. The number of carbonyl (C=O) groups is 2. The van der Waals surface area contributed by atoms with Crippen molar-refractivity contribution in [2.24, 2.45) is 17.8 Å². The fourth-order valence-corrected chi connectivity index (χ4v) is 5.47. The van der Waals surface area contributed by atoms with Crippen molar-refractivity contribution in [1.82, 2.24) is 0 Å². The molecule has 8 nitrogen and oxygen atoms in total. The molecule has 0 aromatic rings. The second kappa shape index (κ2) is 6.50. The average Bonchev–Trinajstić information content (AvgIpc) is 2.48. The molecule has 0 saturated heterocycles. The normalized spacial score (nSPS) is 36.6. The van der Waals surface area contributed by atoms with Gasteiger partial charge in [-0.15, -0.1) is 0 Å². The van der Waals surface area contributed by atoms with Crippen molar-refractivity contribution in [3.05, 3.63) is 0 Å². The van der Waals surface area contributed by atoms with Gasteiger partial charge in [0.2, 0.25) is 0 Å². The molecule has 0 aliphatic heterocycles. The first-order valence-electron chi connectivity index (χ1n) is 9.48. The molecule has 0 aromatic heterocycles. The van der Waals surface area contributed by atoms with Gasteiger partial charge in [-0.3, -0.25) is 4.55 Å². The summed E-state index contributed by atoms with van der Waals surface area (Å²) in [6.07, 6.45) is 1.55. The van der Waals surface area contributed by atoms with Crippen molar-refractivity contribution in [2.45, 2.75) is 81.9 Å². The average molecular weight is 440 g/mol. The number of ether oxygens (including phenoxy) is 3. The number of rotatable bonds is 4. The Morgan fingerprint density at radius 3 is 2.00 bits per heavy atom. The minimum Gasteiger partial charge on any atom is -0.453 e. The third kappa shape index (κ3) is 3.95. The Hall–Kier alpha value is -1.49. The SMILES string of the molecule is CC(C)(C)OC(=O)OC12CC3CC(C1)C(C)(OC(=O)C(F)(F)S(=O)(=O)O)C(C3)C2. The molecule has 0 radical (unpaired) electrons. The predicted octanol–water partition coefficient (Wildman–Crippen LogP) is 3.30. The number of carbonyl (C=O) groups excluding carboxylic acids is 2. The number of hydrogen-bond donors (Lipinski definition) is 1. The van der Waals surface area contributed by atoms with Crippen LogP contribution in [-0.4, -0.2) is 47.2 Å². The molecule has 0 amide bonds. The van der Waals surface area contributed by atoms with Crippen LogP contribution >= 0.6 is 0 Å². The van der Waals surface area contributed by atoms with Crippen LogP contribution in [0.5, 0.6) is 0 Å². The molecule has 2 unspecified atom stereocenters. The summed E-state index contributed by atoms with van der Waals surface area (Å²) in [7, 11) is -5.94. The molecular formula is C18H26F2O8S. The zero-order valence-corrected chi connectivity index (χ0v) is 17.6. The monoisotopic (exact) mass is 440 g/mol. The summed E-state index contributed by atoms with van der Waals surface area (Å²) in [6, 6.07) is 0. The van der Waals surface area contributed by atoms with Crippen molar-refractivity contribution < 1.29 is 45.6 Å². The fraction of sp³-hybridized carbons (Fsp3) is 0.889. The first-order chi connectivity index (χ1) is 13.0. The van der Waals surface area contributed by atoms with E-state index in [1.54, 1.807) is 20.8 Å². The highest BCUT2D eigenvalue weighted by Crippen LogP contribution is 2.62. The first-order valence-corrected chi connectivity index (χ1v) is 10.9. The lowest BCUT2D eigenvalue weighted by atomic mass is 9.48. The van der Waals surface area contributed by atoms with Crippen LogP contribution in [0.25, 0.3) is 0 Å². The van der Waals surface area contributed by atoms with Crippen LogP contribution in [-0.2, 0) is 29.1 Å². The molecule has 4 aliphatic rings. The molecule has 0 heterocycles. The number of esters is 1. The van der Waals surface area contributed by atoms with Crippen molar-refractivity contribution in [3.8, 4) is 0 Å². The Labute approximate surface area is 168 Å². The Bertz CT molecular complexity index is 800. The second-order valence-electron chi connectivity index (χ2n) is 9.66. The standard InChI is InChI=1S/C18H26F2O8S/c1-15(2,3)27-14(22)28-17-7-10-5-11(8-17)16(4,12(6-10)9-17)26-13(21)18(19,20)29(23,24)25/h10-12H,5-9H2,1-4H3,(H,23,24,25). The lowest BCUT2D eigenvalue weighted by Crippen LogP contribution is -2.65. The van der Waals surface area contributed by atoms with Gasteiger partial charge in [0.1, 0.15) is 16.8 Å². The Morgan fingerprint density at radius 1 is 1.03 bits per heavy atom. The largest absolute Gasteiger partial charge is 0.509 e. The lowest BCUT2D eigenvalue weighted by Gasteiger charge is -2.62. The van der Waals surface area contributed by atoms with Crippen LogP contribution in [0.15, 0.2) is 0 Å². The molecule has 4 saturated carbocycles. The Kier molecular flexibility index (Phi) is 4.98. The van der Waals surface area contributed by atoms with Crippen LogP contribution in [0, 0.1) is 17.8 Å². The molecule has 1 N–H and O–H groups in total. The van der Waals surface area contributed by atoms with Gasteiger partial charge < -0.3 is 14.2 Å². The maximum absolute atomic E-state index is 13.7. The zero-order chi connectivity index (χ0) is 22.0. The van der Waals surface area contributed by atoms with Crippen molar-refractivity contribution >= 4 is 22.2 Å². The molecule has 0 aromatic carbocycles. The molecule has 4 fully saturated rings. The van der Waals surface area contributed by atoms with Gasteiger partial charge in [0.25, 0.3) is 0 Å². The van der Waals surface area contributed by atoms with Crippen LogP contribution in [0.2, 0.25) is 0 Å². The summed E-state index contributed by atoms with van der Waals surface area (Å²) < 4.78 is 73.8.